The predicted octanol–water partition coefficient (Wildman–Crippen LogP) is 20.4. The molecule has 0 heterocycles. The molecule has 0 aromatic heterocycles. The third kappa shape index (κ3) is 17.2. The minimum Gasteiger partial charge on any atom is -0.402 e. The van der Waals surface area contributed by atoms with E-state index in [4.69, 9.17) is 15.1 Å². The molecule has 0 amide bonds. The monoisotopic (exact) mass is 1660 g/mol. The molecule has 11 aromatic carbocycles. The molecule has 3 N–H and O–H groups in total. The standard InChI is InChI=1S/C18H15P.4C12F10.BH3O3/c1-4-10-16(11-5-1)19(17-12-6-2-7-13-17)18-14-8-3-9-15-18;4*13-3-1(4(14)8(18)11(21)7(3)17)2-5(15)9(19)12(22)10(20)6(2)16;2-1(3)4/h1-15H;;;;;2-4H. The average Bonchev–Trinajstić information content (AvgIpc) is 0.763. The van der Waals surface area contributed by atoms with Crippen LogP contribution in [-0.2, 0) is 0 Å². The van der Waals surface area contributed by atoms with Gasteiger partial charge in [-0.25, -0.2) is 176 Å². The maximum Gasteiger partial charge on any atom is 0.631 e. The summed E-state index contributed by atoms with van der Waals surface area (Å²) in [6, 6.07) is 32.3. The van der Waals surface area contributed by atoms with Crippen LogP contribution in [0.3, 0.4) is 0 Å². The smallest absolute Gasteiger partial charge is 0.402 e. The van der Waals surface area contributed by atoms with Crippen LogP contribution in [0, 0.1) is 233 Å². The fourth-order valence-electron chi connectivity index (χ4n) is 8.77. The molecular weight excluding hydrogens is 1640 g/mol. The Kier molecular flexibility index (Phi) is 28.7. The average molecular weight is 1660 g/mol. The summed E-state index contributed by atoms with van der Waals surface area (Å²) < 4.78 is 525. The van der Waals surface area contributed by atoms with Crippen molar-refractivity contribution in [1.82, 2.24) is 0 Å². The van der Waals surface area contributed by atoms with Crippen LogP contribution in [0.2, 0.25) is 0 Å². The van der Waals surface area contributed by atoms with Gasteiger partial charge in [-0.2, -0.15) is 0 Å². The Bertz CT molecular complexity index is 4290. The summed E-state index contributed by atoms with van der Waals surface area (Å²) in [5.41, 5.74) is -18.1. The lowest BCUT2D eigenvalue weighted by Gasteiger charge is -2.18. The number of hydrogen-bond donors (Lipinski definition) is 3. The lowest BCUT2D eigenvalue weighted by Crippen LogP contribution is -2.20. The Hall–Kier alpha value is -11.0. The highest BCUT2D eigenvalue weighted by Crippen LogP contribution is 2.43. The molecule has 0 saturated carbocycles. The topological polar surface area (TPSA) is 60.7 Å². The van der Waals surface area contributed by atoms with Gasteiger partial charge >= 0.3 is 7.32 Å². The minimum absolute atomic E-state index is 0.446. The van der Waals surface area contributed by atoms with Gasteiger partial charge in [0.1, 0.15) is 0 Å². The molecule has 0 atom stereocenters. The zero-order valence-corrected chi connectivity index (χ0v) is 52.5. The van der Waals surface area contributed by atoms with Crippen LogP contribution in [-0.4, -0.2) is 22.4 Å². The van der Waals surface area contributed by atoms with Crippen LogP contribution in [0.1, 0.15) is 0 Å². The van der Waals surface area contributed by atoms with Crippen LogP contribution < -0.4 is 15.9 Å². The van der Waals surface area contributed by atoms with Crippen molar-refractivity contribution in [3.05, 3.63) is 324 Å². The Morgan fingerprint density at radius 3 is 0.288 bits per heavy atom. The molecule has 0 bridgehead atoms. The van der Waals surface area contributed by atoms with Gasteiger partial charge in [-0.1, -0.05) is 91.0 Å². The fourth-order valence-corrected chi connectivity index (χ4v) is 11.1. The van der Waals surface area contributed by atoms with Crippen LogP contribution in [0.4, 0.5) is 176 Å². The van der Waals surface area contributed by atoms with E-state index in [2.05, 4.69) is 91.0 Å². The molecule has 0 unspecified atom stereocenters. The number of benzene rings is 11. The lowest BCUT2D eigenvalue weighted by atomic mass is 10.0. The summed E-state index contributed by atoms with van der Waals surface area (Å²) in [5.74, 6) is -107. The van der Waals surface area contributed by atoms with Crippen molar-refractivity contribution in [3.8, 4) is 44.5 Å². The highest BCUT2D eigenvalue weighted by atomic mass is 31.1. The molecule has 0 aliphatic heterocycles. The van der Waals surface area contributed by atoms with E-state index in [0.717, 1.165) is 0 Å². The highest BCUT2D eigenvalue weighted by Gasteiger charge is 2.40. The number of rotatable bonds is 7. The van der Waals surface area contributed by atoms with E-state index in [9.17, 15) is 176 Å². The van der Waals surface area contributed by atoms with Gasteiger partial charge in [0.25, 0.3) is 0 Å². The van der Waals surface area contributed by atoms with Crippen molar-refractivity contribution in [1.29, 1.82) is 0 Å². The van der Waals surface area contributed by atoms with Crippen molar-refractivity contribution in [2.75, 3.05) is 0 Å². The SMILES string of the molecule is Fc1c(F)c(F)c(-c2c(F)c(F)c(F)c(F)c2F)c(F)c1F.Fc1c(F)c(F)c(-c2c(F)c(F)c(F)c(F)c2F)c(F)c1F.Fc1c(F)c(F)c(-c2c(F)c(F)c(F)c(F)c2F)c(F)c1F.Fc1c(F)c(F)c(-c2c(F)c(F)c(F)c(F)c2F)c(F)c1F.OB(O)O.c1ccc(P(c2ccccc2)c2ccccc2)cc1. The summed E-state index contributed by atoms with van der Waals surface area (Å²) in [6.45, 7) is 0. The van der Waals surface area contributed by atoms with Gasteiger partial charge in [0, 0.05) is 0 Å². The molecule has 111 heavy (non-hydrogen) atoms. The number of halogens is 40. The van der Waals surface area contributed by atoms with E-state index in [1.165, 1.54) is 15.9 Å². The van der Waals surface area contributed by atoms with Gasteiger partial charge in [-0.15, -0.1) is 0 Å². The van der Waals surface area contributed by atoms with Crippen LogP contribution in [0.25, 0.3) is 44.5 Å². The summed E-state index contributed by atoms with van der Waals surface area (Å²) in [5, 5.41) is 25.7. The molecule has 45 heteroatoms. The van der Waals surface area contributed by atoms with Gasteiger partial charge in [0.15, 0.2) is 186 Å². The van der Waals surface area contributed by atoms with Crippen molar-refractivity contribution >= 4 is 31.2 Å². The molecule has 0 radical (unpaired) electrons. The first-order valence-electron chi connectivity index (χ1n) is 27.7. The third-order valence-corrected chi connectivity index (χ3v) is 16.2. The van der Waals surface area contributed by atoms with Crippen LogP contribution >= 0.6 is 7.92 Å². The molecule has 3 nitrogen and oxygen atoms in total. The second kappa shape index (κ2) is 35.8. The first-order valence-corrected chi connectivity index (χ1v) is 29.1. The van der Waals surface area contributed by atoms with Gasteiger partial charge in [0.2, 0.25) is 46.5 Å². The molecule has 0 spiro atoms. The van der Waals surface area contributed by atoms with E-state index in [-0.39, 0.29) is 0 Å². The maximum atomic E-state index is 13.4. The molecule has 11 rings (SSSR count). The summed E-state index contributed by atoms with van der Waals surface area (Å²) in [4.78, 5) is 0. The summed E-state index contributed by atoms with van der Waals surface area (Å²) in [7, 11) is -2.61. The normalized spacial score (nSPS) is 10.9. The Balaban J connectivity index is 0.000000214. The maximum absolute atomic E-state index is 13.4. The molecule has 0 saturated heterocycles. The van der Waals surface area contributed by atoms with Crippen molar-refractivity contribution in [2.45, 2.75) is 0 Å². The van der Waals surface area contributed by atoms with Crippen LogP contribution in [0.5, 0.6) is 0 Å². The lowest BCUT2D eigenvalue weighted by molar-refractivity contribution is 0.278. The van der Waals surface area contributed by atoms with E-state index in [0.29, 0.717) is 0 Å². The van der Waals surface area contributed by atoms with Gasteiger partial charge in [-0.05, 0) is 23.8 Å². The van der Waals surface area contributed by atoms with Gasteiger partial charge in [-0.3, -0.25) is 0 Å². The first-order chi connectivity index (χ1) is 51.6. The molecule has 0 fully saturated rings. The van der Waals surface area contributed by atoms with Crippen molar-refractivity contribution in [3.63, 3.8) is 0 Å². The first kappa shape index (κ1) is 88.9. The van der Waals surface area contributed by atoms with E-state index < -0.39 is 292 Å². The Labute approximate surface area is 588 Å². The quantitative estimate of drug-likeness (QED) is 0.0490. The van der Waals surface area contributed by atoms with E-state index >= 15 is 0 Å². The predicted molar refractivity (Wildman–Crippen MR) is 303 cm³/mol. The zero-order chi connectivity index (χ0) is 84.2. The zero-order valence-electron chi connectivity index (χ0n) is 51.6. The van der Waals surface area contributed by atoms with E-state index in [1.54, 1.807) is 0 Å². The van der Waals surface area contributed by atoms with Crippen molar-refractivity contribution < 1.29 is 191 Å². The molecular formula is C66H18BF40O3P. The van der Waals surface area contributed by atoms with Gasteiger partial charge < -0.3 is 15.1 Å². The second-order valence-electron chi connectivity index (χ2n) is 20.2. The molecule has 588 valence electrons. The van der Waals surface area contributed by atoms with E-state index in [1.807, 2.05) is 0 Å². The minimum atomic E-state index is -2.68. The highest BCUT2D eigenvalue weighted by molar-refractivity contribution is 7.79. The number of hydrogen-bond acceptors (Lipinski definition) is 3. The Morgan fingerprint density at radius 1 is 0.135 bits per heavy atom. The molecule has 0 aliphatic carbocycles. The summed E-state index contributed by atoms with van der Waals surface area (Å²) >= 11 is 0. The van der Waals surface area contributed by atoms with Crippen LogP contribution in [0.15, 0.2) is 91.0 Å². The van der Waals surface area contributed by atoms with Gasteiger partial charge in [0.05, 0.1) is 44.5 Å². The molecule has 11 aromatic rings. The largest absolute Gasteiger partial charge is 0.631 e. The molecule has 0 aliphatic rings. The fraction of sp³-hybridized carbons (Fsp3) is 0. The second-order valence-corrected chi connectivity index (χ2v) is 22.5. The third-order valence-electron chi connectivity index (χ3n) is 13.7. The van der Waals surface area contributed by atoms with Crippen molar-refractivity contribution in [2.24, 2.45) is 0 Å². The summed E-state index contributed by atoms with van der Waals surface area (Å²) in [6.07, 6.45) is 0. The Morgan fingerprint density at radius 2 is 0.207 bits per heavy atom.